The fourth-order valence-electron chi connectivity index (χ4n) is 3.05. The molecule has 0 spiro atoms. The van der Waals surface area contributed by atoms with Gasteiger partial charge in [0.05, 0.1) is 11.4 Å². The lowest BCUT2D eigenvalue weighted by atomic mass is 10.1. The van der Waals surface area contributed by atoms with Gasteiger partial charge in [-0.3, -0.25) is 4.90 Å². The van der Waals surface area contributed by atoms with Crippen molar-refractivity contribution in [1.29, 1.82) is 0 Å². The normalized spacial score (nSPS) is 20.2. The van der Waals surface area contributed by atoms with Crippen molar-refractivity contribution in [1.82, 2.24) is 14.3 Å². The second kappa shape index (κ2) is 4.71. The molecule has 2 aliphatic rings. The predicted molar refractivity (Wildman–Crippen MR) is 85.1 cm³/mol. The number of pyridine rings is 1. The summed E-state index contributed by atoms with van der Waals surface area (Å²) in [6.45, 7) is 3.39. The first-order valence-electron chi connectivity index (χ1n) is 7.85. The van der Waals surface area contributed by atoms with E-state index >= 15 is 0 Å². The van der Waals surface area contributed by atoms with Crippen molar-refractivity contribution in [3.05, 3.63) is 29.7 Å². The molecule has 2 fully saturated rings. The average Bonchev–Trinajstić information content (AvgIpc) is 3.16. The van der Waals surface area contributed by atoms with Crippen LogP contribution in [0.3, 0.4) is 0 Å². The highest BCUT2D eigenvalue weighted by Gasteiger charge is 2.31. The summed E-state index contributed by atoms with van der Waals surface area (Å²) < 4.78 is 2.04. The van der Waals surface area contributed by atoms with Gasteiger partial charge in [0.15, 0.2) is 5.65 Å². The van der Waals surface area contributed by atoms with Gasteiger partial charge < -0.3 is 15.0 Å². The Morgan fingerprint density at radius 1 is 1.32 bits per heavy atom. The zero-order valence-corrected chi connectivity index (χ0v) is 13.0. The van der Waals surface area contributed by atoms with Gasteiger partial charge in [0.25, 0.3) is 0 Å². The van der Waals surface area contributed by atoms with Crippen LogP contribution in [-0.2, 0) is 0 Å². The van der Waals surface area contributed by atoms with Crippen molar-refractivity contribution < 1.29 is 4.79 Å². The molecule has 116 valence electrons. The van der Waals surface area contributed by atoms with Gasteiger partial charge in [0, 0.05) is 38.6 Å². The molecule has 3 heterocycles. The summed E-state index contributed by atoms with van der Waals surface area (Å²) in [7, 11) is 1.84. The number of urea groups is 1. The quantitative estimate of drug-likeness (QED) is 0.944. The molecule has 1 saturated heterocycles. The predicted octanol–water partition coefficient (Wildman–Crippen LogP) is 2.10. The number of fused-ring (bicyclic) bond motifs is 1. The average molecular weight is 299 g/mol. The maximum atomic E-state index is 12.4. The van der Waals surface area contributed by atoms with Crippen LogP contribution < -0.4 is 10.6 Å². The number of nitrogens with zero attached hydrogens (tertiary/aromatic N) is 4. The van der Waals surface area contributed by atoms with Crippen LogP contribution in [-0.4, -0.2) is 40.5 Å². The van der Waals surface area contributed by atoms with E-state index in [0.717, 1.165) is 23.6 Å². The first-order valence-corrected chi connectivity index (χ1v) is 7.85. The maximum absolute atomic E-state index is 12.4. The number of aromatic nitrogens is 2. The number of nitrogens with two attached hydrogens (primary N) is 1. The highest BCUT2D eigenvalue weighted by molar-refractivity contribution is 5.97. The van der Waals surface area contributed by atoms with Crippen molar-refractivity contribution in [2.45, 2.75) is 31.7 Å². The minimum atomic E-state index is -0.117. The number of hydrogen-bond donors (Lipinski definition) is 1. The van der Waals surface area contributed by atoms with Gasteiger partial charge >= 0.3 is 6.03 Å². The van der Waals surface area contributed by atoms with E-state index in [1.165, 1.54) is 18.4 Å². The van der Waals surface area contributed by atoms with Crippen molar-refractivity contribution in [2.24, 2.45) is 5.73 Å². The molecule has 2 aromatic heterocycles. The highest BCUT2D eigenvalue weighted by Crippen LogP contribution is 2.42. The number of carbonyl (C=O) groups is 1. The van der Waals surface area contributed by atoms with E-state index in [9.17, 15) is 4.79 Å². The summed E-state index contributed by atoms with van der Waals surface area (Å²) in [6, 6.07) is 2.07. The second-order valence-corrected chi connectivity index (χ2v) is 6.47. The first kappa shape index (κ1) is 13.6. The minimum absolute atomic E-state index is 0.0418. The van der Waals surface area contributed by atoms with E-state index in [-0.39, 0.29) is 12.1 Å². The molecule has 6 heteroatoms. The molecule has 2 amide bonds. The van der Waals surface area contributed by atoms with Gasteiger partial charge in [-0.25, -0.2) is 9.78 Å². The number of anilines is 1. The summed E-state index contributed by atoms with van der Waals surface area (Å²) in [5, 5.41) is 0. The Morgan fingerprint density at radius 2 is 2.09 bits per heavy atom. The Bertz CT molecular complexity index is 746. The van der Waals surface area contributed by atoms with Gasteiger partial charge in [-0.1, -0.05) is 0 Å². The molecular formula is C16H21N5O. The largest absolute Gasteiger partial charge is 0.326 e. The lowest BCUT2D eigenvalue weighted by molar-refractivity contribution is 0.229. The molecule has 4 rings (SSSR count). The maximum Gasteiger partial charge on any atom is 0.324 e. The third-order valence-corrected chi connectivity index (χ3v) is 4.59. The van der Waals surface area contributed by atoms with Gasteiger partial charge in [-0.05, 0) is 37.3 Å². The second-order valence-electron chi connectivity index (χ2n) is 6.47. The van der Waals surface area contributed by atoms with E-state index in [2.05, 4.69) is 17.2 Å². The van der Waals surface area contributed by atoms with Gasteiger partial charge in [-0.15, -0.1) is 0 Å². The lowest BCUT2D eigenvalue weighted by Crippen LogP contribution is -2.29. The molecule has 2 aromatic rings. The standard InChI is InChI=1S/C16H21N5O/c1-10(17)13-9-20-8-12(11-3-4-11)7-14(15(20)18-13)21-6-5-19(2)16(21)22/h7-11H,3-6,17H2,1-2H3. The van der Waals surface area contributed by atoms with Crippen molar-refractivity contribution in [3.8, 4) is 0 Å². The number of hydrogen-bond acceptors (Lipinski definition) is 3. The van der Waals surface area contributed by atoms with E-state index in [0.29, 0.717) is 12.5 Å². The number of likely N-dealkylation sites (N-methyl/N-ethyl adjacent to an activating group) is 1. The zero-order chi connectivity index (χ0) is 15.4. The van der Waals surface area contributed by atoms with Crippen LogP contribution in [0.1, 0.15) is 43.0 Å². The smallest absolute Gasteiger partial charge is 0.324 e. The van der Waals surface area contributed by atoms with Crippen molar-refractivity contribution >= 4 is 17.4 Å². The van der Waals surface area contributed by atoms with Crippen molar-refractivity contribution in [2.75, 3.05) is 25.0 Å². The Hall–Kier alpha value is -2.08. The van der Waals surface area contributed by atoms with E-state index in [1.54, 1.807) is 4.90 Å². The molecule has 2 N–H and O–H groups in total. The Balaban J connectivity index is 1.88. The fraction of sp³-hybridized carbons (Fsp3) is 0.500. The van der Waals surface area contributed by atoms with Crippen LogP contribution in [0.15, 0.2) is 18.5 Å². The summed E-state index contributed by atoms with van der Waals surface area (Å²) in [4.78, 5) is 20.6. The van der Waals surface area contributed by atoms with Crippen LogP contribution in [0, 0.1) is 0 Å². The molecule has 1 saturated carbocycles. The summed E-state index contributed by atoms with van der Waals surface area (Å²) in [5.74, 6) is 0.625. The SMILES string of the molecule is CC(N)c1cn2cc(C3CC3)cc(N3CCN(C)C3=O)c2n1. The molecule has 0 aromatic carbocycles. The molecule has 1 aliphatic carbocycles. The Morgan fingerprint density at radius 3 is 2.68 bits per heavy atom. The molecule has 1 atom stereocenters. The lowest BCUT2D eigenvalue weighted by Gasteiger charge is -2.18. The van der Waals surface area contributed by atoms with Crippen LogP contribution in [0.5, 0.6) is 0 Å². The Kier molecular flexibility index (Phi) is 2.91. The first-order chi connectivity index (χ1) is 10.5. The van der Waals surface area contributed by atoms with Crippen LogP contribution in [0.25, 0.3) is 5.65 Å². The number of carbonyl (C=O) groups excluding carboxylic acids is 1. The summed E-state index contributed by atoms with van der Waals surface area (Å²) >= 11 is 0. The molecule has 0 bridgehead atoms. The minimum Gasteiger partial charge on any atom is -0.326 e. The highest BCUT2D eigenvalue weighted by atomic mass is 16.2. The third-order valence-electron chi connectivity index (χ3n) is 4.59. The summed E-state index contributed by atoms with van der Waals surface area (Å²) in [5.41, 5.74) is 9.85. The number of amides is 2. The number of imidazole rings is 1. The van der Waals surface area contributed by atoms with Gasteiger partial charge in [0.2, 0.25) is 0 Å². The topological polar surface area (TPSA) is 66.9 Å². The Labute approximate surface area is 129 Å². The monoisotopic (exact) mass is 299 g/mol. The van der Waals surface area contributed by atoms with E-state index < -0.39 is 0 Å². The van der Waals surface area contributed by atoms with Gasteiger partial charge in [0.1, 0.15) is 0 Å². The third kappa shape index (κ3) is 2.06. The van der Waals surface area contributed by atoms with E-state index in [1.807, 2.05) is 29.5 Å². The van der Waals surface area contributed by atoms with Crippen molar-refractivity contribution in [3.63, 3.8) is 0 Å². The molecule has 6 nitrogen and oxygen atoms in total. The fourth-order valence-corrected chi connectivity index (χ4v) is 3.05. The zero-order valence-electron chi connectivity index (χ0n) is 13.0. The van der Waals surface area contributed by atoms with Gasteiger partial charge in [-0.2, -0.15) is 0 Å². The summed E-state index contributed by atoms with van der Waals surface area (Å²) in [6.07, 6.45) is 6.58. The molecular weight excluding hydrogens is 278 g/mol. The molecule has 0 radical (unpaired) electrons. The molecule has 1 unspecified atom stereocenters. The molecule has 1 aliphatic heterocycles. The van der Waals surface area contributed by atoms with Crippen LogP contribution in [0.4, 0.5) is 10.5 Å². The van der Waals surface area contributed by atoms with E-state index in [4.69, 9.17) is 5.73 Å². The number of rotatable bonds is 3. The molecule has 22 heavy (non-hydrogen) atoms. The van der Waals surface area contributed by atoms with Crippen LogP contribution in [0.2, 0.25) is 0 Å². The van der Waals surface area contributed by atoms with Crippen LogP contribution >= 0.6 is 0 Å².